The Morgan fingerprint density at radius 1 is 1.43 bits per heavy atom. The van der Waals surface area contributed by atoms with Gasteiger partial charge in [0.1, 0.15) is 0 Å². The summed E-state index contributed by atoms with van der Waals surface area (Å²) >= 11 is 0. The molecule has 0 spiro atoms. The molecule has 0 fully saturated rings. The number of methoxy groups -OCH3 is 1. The number of ether oxygens (including phenoxy) is 1. The zero-order chi connectivity index (χ0) is 11.0. The van der Waals surface area contributed by atoms with E-state index in [1.165, 1.54) is 0 Å². The summed E-state index contributed by atoms with van der Waals surface area (Å²) in [6.45, 7) is 2.95. The molecule has 0 aromatic heterocycles. The second-order valence-corrected chi connectivity index (χ2v) is 5.04. The standard InChI is InChI=1S/C9H19O4S/c1-9(5-4-7-12-2)6-8-13-14(3,10)11/h4,9H,5-8H2,1-3H3. The average Bonchev–Trinajstić information content (AvgIpc) is 2.02. The van der Waals surface area contributed by atoms with E-state index < -0.39 is 10.1 Å². The van der Waals surface area contributed by atoms with Crippen molar-refractivity contribution in [3.8, 4) is 0 Å². The first kappa shape index (κ1) is 13.9. The second kappa shape index (κ2) is 7.20. The van der Waals surface area contributed by atoms with Crippen molar-refractivity contribution < 1.29 is 17.3 Å². The Hall–Kier alpha value is -0.130. The van der Waals surface area contributed by atoms with Crippen LogP contribution in [0.25, 0.3) is 0 Å². The van der Waals surface area contributed by atoms with Crippen molar-refractivity contribution in [2.75, 3.05) is 26.6 Å². The molecule has 0 heterocycles. The van der Waals surface area contributed by atoms with E-state index in [2.05, 4.69) is 11.1 Å². The summed E-state index contributed by atoms with van der Waals surface area (Å²) < 4.78 is 30.7. The van der Waals surface area contributed by atoms with Gasteiger partial charge in [0.2, 0.25) is 0 Å². The summed E-state index contributed by atoms with van der Waals surface area (Å²) in [4.78, 5) is 0. The van der Waals surface area contributed by atoms with Crippen molar-refractivity contribution in [2.24, 2.45) is 5.92 Å². The SMILES string of the molecule is COC[CH]CC(C)CCOS(C)(=O)=O. The van der Waals surface area contributed by atoms with Gasteiger partial charge >= 0.3 is 0 Å². The van der Waals surface area contributed by atoms with Gasteiger partial charge in [0.05, 0.1) is 12.9 Å². The van der Waals surface area contributed by atoms with Crippen LogP contribution in [0.3, 0.4) is 0 Å². The van der Waals surface area contributed by atoms with Crippen LogP contribution in [0.2, 0.25) is 0 Å². The number of hydrogen-bond acceptors (Lipinski definition) is 4. The predicted octanol–water partition coefficient (Wildman–Crippen LogP) is 1.23. The van der Waals surface area contributed by atoms with Gasteiger partial charge in [-0.15, -0.1) is 0 Å². The van der Waals surface area contributed by atoms with Gasteiger partial charge in [-0.05, 0) is 25.2 Å². The Balaban J connectivity index is 3.40. The van der Waals surface area contributed by atoms with E-state index in [9.17, 15) is 8.42 Å². The van der Waals surface area contributed by atoms with Gasteiger partial charge in [-0.2, -0.15) is 8.42 Å². The monoisotopic (exact) mass is 223 g/mol. The molecular weight excluding hydrogens is 204 g/mol. The molecule has 1 radical (unpaired) electrons. The van der Waals surface area contributed by atoms with Gasteiger partial charge in [0, 0.05) is 13.7 Å². The summed E-state index contributed by atoms with van der Waals surface area (Å²) in [6, 6.07) is 0. The number of rotatable bonds is 8. The third-order valence-corrected chi connectivity index (χ3v) is 2.36. The van der Waals surface area contributed by atoms with Crippen LogP contribution in [-0.2, 0) is 19.0 Å². The smallest absolute Gasteiger partial charge is 0.264 e. The molecule has 0 N–H and O–H groups in total. The van der Waals surface area contributed by atoms with Gasteiger partial charge in [-0.3, -0.25) is 4.18 Å². The maximum Gasteiger partial charge on any atom is 0.264 e. The molecule has 0 rings (SSSR count). The Morgan fingerprint density at radius 3 is 2.57 bits per heavy atom. The highest BCUT2D eigenvalue weighted by Crippen LogP contribution is 2.10. The van der Waals surface area contributed by atoms with Crippen LogP contribution in [0.15, 0.2) is 0 Å². The Kier molecular flexibility index (Phi) is 7.13. The first-order chi connectivity index (χ1) is 6.45. The van der Waals surface area contributed by atoms with Crippen LogP contribution < -0.4 is 0 Å². The lowest BCUT2D eigenvalue weighted by Gasteiger charge is -2.09. The minimum absolute atomic E-state index is 0.265. The van der Waals surface area contributed by atoms with E-state index >= 15 is 0 Å². The maximum atomic E-state index is 10.6. The van der Waals surface area contributed by atoms with E-state index in [0.29, 0.717) is 12.5 Å². The van der Waals surface area contributed by atoms with Crippen molar-refractivity contribution in [3.63, 3.8) is 0 Å². The summed E-state index contributed by atoms with van der Waals surface area (Å²) in [5.74, 6) is 0.423. The van der Waals surface area contributed by atoms with Crippen LogP contribution in [0, 0.1) is 12.3 Å². The molecule has 14 heavy (non-hydrogen) atoms. The minimum Gasteiger partial charge on any atom is -0.384 e. The minimum atomic E-state index is -3.28. The molecule has 0 saturated heterocycles. The van der Waals surface area contributed by atoms with Crippen molar-refractivity contribution in [1.82, 2.24) is 0 Å². The van der Waals surface area contributed by atoms with Crippen LogP contribution >= 0.6 is 0 Å². The average molecular weight is 223 g/mol. The highest BCUT2D eigenvalue weighted by atomic mass is 32.2. The van der Waals surface area contributed by atoms with Gasteiger partial charge in [-0.25, -0.2) is 0 Å². The van der Waals surface area contributed by atoms with E-state index in [1.54, 1.807) is 7.11 Å². The molecule has 0 aliphatic heterocycles. The first-order valence-corrected chi connectivity index (χ1v) is 6.42. The van der Waals surface area contributed by atoms with Gasteiger partial charge in [0.25, 0.3) is 10.1 Å². The van der Waals surface area contributed by atoms with Crippen LogP contribution in [0.1, 0.15) is 19.8 Å². The van der Waals surface area contributed by atoms with Gasteiger partial charge in [0.15, 0.2) is 0 Å². The van der Waals surface area contributed by atoms with Gasteiger partial charge < -0.3 is 4.74 Å². The lowest BCUT2D eigenvalue weighted by molar-refractivity contribution is 0.215. The van der Waals surface area contributed by atoms with Crippen LogP contribution in [-0.4, -0.2) is 35.0 Å². The Bertz CT molecular complexity index is 223. The summed E-state index contributed by atoms with van der Waals surface area (Å²) in [7, 11) is -1.63. The molecule has 4 nitrogen and oxygen atoms in total. The highest BCUT2D eigenvalue weighted by Gasteiger charge is 2.05. The fourth-order valence-corrected chi connectivity index (χ4v) is 1.39. The molecule has 0 amide bonds. The maximum absolute atomic E-state index is 10.6. The zero-order valence-electron chi connectivity index (χ0n) is 9.02. The van der Waals surface area contributed by atoms with Crippen molar-refractivity contribution in [3.05, 3.63) is 6.42 Å². The largest absolute Gasteiger partial charge is 0.384 e. The summed E-state index contributed by atoms with van der Waals surface area (Å²) in [5, 5.41) is 0. The lowest BCUT2D eigenvalue weighted by atomic mass is 10.0. The van der Waals surface area contributed by atoms with Crippen molar-refractivity contribution in [1.29, 1.82) is 0 Å². The zero-order valence-corrected chi connectivity index (χ0v) is 9.84. The highest BCUT2D eigenvalue weighted by molar-refractivity contribution is 7.85. The molecular formula is C9H19O4S. The summed E-state index contributed by atoms with van der Waals surface area (Å²) in [5.41, 5.74) is 0. The van der Waals surface area contributed by atoms with Crippen molar-refractivity contribution in [2.45, 2.75) is 19.8 Å². The Morgan fingerprint density at radius 2 is 2.07 bits per heavy atom. The second-order valence-electron chi connectivity index (χ2n) is 3.40. The third kappa shape index (κ3) is 9.95. The van der Waals surface area contributed by atoms with E-state index in [0.717, 1.165) is 19.1 Å². The molecule has 0 aliphatic rings. The molecule has 0 aromatic carbocycles. The number of hydrogen-bond donors (Lipinski definition) is 0. The molecule has 5 heteroatoms. The molecule has 85 valence electrons. The van der Waals surface area contributed by atoms with E-state index in [-0.39, 0.29) is 6.61 Å². The van der Waals surface area contributed by atoms with Crippen molar-refractivity contribution >= 4 is 10.1 Å². The topological polar surface area (TPSA) is 52.6 Å². The van der Waals surface area contributed by atoms with E-state index in [1.807, 2.05) is 6.42 Å². The summed E-state index contributed by atoms with van der Waals surface area (Å²) in [6.07, 6.45) is 4.76. The Labute approximate surface area is 86.7 Å². The fourth-order valence-electron chi connectivity index (χ4n) is 0.989. The molecule has 0 bridgehead atoms. The molecule has 0 aromatic rings. The quantitative estimate of drug-likeness (QED) is 0.459. The normalized spacial score (nSPS) is 14.2. The lowest BCUT2D eigenvalue weighted by Crippen LogP contribution is -2.08. The predicted molar refractivity (Wildman–Crippen MR) is 55.4 cm³/mol. The fraction of sp³-hybridized carbons (Fsp3) is 0.889. The molecule has 0 saturated carbocycles. The van der Waals surface area contributed by atoms with E-state index in [4.69, 9.17) is 4.74 Å². The van der Waals surface area contributed by atoms with Crippen LogP contribution in [0.5, 0.6) is 0 Å². The first-order valence-electron chi connectivity index (χ1n) is 4.60. The van der Waals surface area contributed by atoms with Gasteiger partial charge in [-0.1, -0.05) is 6.92 Å². The molecule has 1 atom stereocenters. The van der Waals surface area contributed by atoms with Crippen LogP contribution in [0.4, 0.5) is 0 Å². The molecule has 1 unspecified atom stereocenters. The third-order valence-electron chi connectivity index (χ3n) is 1.76. The molecule has 0 aliphatic carbocycles.